The van der Waals surface area contributed by atoms with Crippen LogP contribution in [0.4, 0.5) is 11.6 Å². The summed E-state index contributed by atoms with van der Waals surface area (Å²) in [5, 5.41) is 0. The van der Waals surface area contributed by atoms with Crippen LogP contribution in [0.5, 0.6) is 0 Å². The Labute approximate surface area is 149 Å². The molecule has 2 aromatic heterocycles. The van der Waals surface area contributed by atoms with Crippen molar-refractivity contribution >= 4 is 11.6 Å². The molecule has 6 heteroatoms. The van der Waals surface area contributed by atoms with Crippen molar-refractivity contribution in [2.45, 2.75) is 58.5 Å². The number of hydrogen-bond donors (Lipinski definition) is 0. The fourth-order valence-corrected chi connectivity index (χ4v) is 3.48. The molecule has 0 aliphatic carbocycles. The van der Waals surface area contributed by atoms with Gasteiger partial charge in [0.15, 0.2) is 0 Å². The van der Waals surface area contributed by atoms with Gasteiger partial charge in [-0.1, -0.05) is 20.8 Å². The second kappa shape index (κ2) is 6.24. The molecule has 2 aromatic rings. The second-order valence-corrected chi connectivity index (χ2v) is 8.05. The molecule has 0 bridgehead atoms. The predicted octanol–water partition coefficient (Wildman–Crippen LogP) is 3.07. The quantitative estimate of drug-likeness (QED) is 0.839. The highest BCUT2D eigenvalue weighted by atomic mass is 15.2. The molecule has 2 aliphatic rings. The van der Waals surface area contributed by atoms with E-state index in [1.807, 2.05) is 6.20 Å². The summed E-state index contributed by atoms with van der Waals surface area (Å²) in [6, 6.07) is 2.12. The topological polar surface area (TPSA) is 58.0 Å². The summed E-state index contributed by atoms with van der Waals surface area (Å²) in [7, 11) is 0. The number of rotatable bonds is 2. The molecular formula is C19H26N6. The van der Waals surface area contributed by atoms with Gasteiger partial charge in [-0.2, -0.15) is 0 Å². The molecule has 132 valence electrons. The van der Waals surface area contributed by atoms with E-state index in [1.165, 1.54) is 24.8 Å². The summed E-state index contributed by atoms with van der Waals surface area (Å²) < 4.78 is 0. The van der Waals surface area contributed by atoms with Crippen molar-refractivity contribution in [1.29, 1.82) is 0 Å². The van der Waals surface area contributed by atoms with Gasteiger partial charge >= 0.3 is 0 Å². The average Bonchev–Trinajstić information content (AvgIpc) is 3.05. The summed E-state index contributed by atoms with van der Waals surface area (Å²) >= 11 is 0. The van der Waals surface area contributed by atoms with Crippen molar-refractivity contribution in [3.63, 3.8) is 0 Å². The Balaban J connectivity index is 1.55. The summed E-state index contributed by atoms with van der Waals surface area (Å²) in [5.41, 5.74) is 2.29. The predicted molar refractivity (Wildman–Crippen MR) is 98.7 cm³/mol. The summed E-state index contributed by atoms with van der Waals surface area (Å²) in [4.78, 5) is 23.0. The van der Waals surface area contributed by atoms with Crippen LogP contribution in [0.1, 0.15) is 57.1 Å². The molecule has 0 N–H and O–H groups in total. The van der Waals surface area contributed by atoms with Gasteiger partial charge < -0.3 is 9.80 Å². The van der Waals surface area contributed by atoms with Crippen molar-refractivity contribution in [2.24, 2.45) is 0 Å². The first kappa shape index (κ1) is 16.2. The molecule has 0 aromatic carbocycles. The number of hydrogen-bond acceptors (Lipinski definition) is 6. The maximum Gasteiger partial charge on any atom is 0.134 e. The Morgan fingerprint density at radius 1 is 0.880 bits per heavy atom. The van der Waals surface area contributed by atoms with Crippen LogP contribution in [0.2, 0.25) is 0 Å². The molecular weight excluding hydrogens is 312 g/mol. The summed E-state index contributed by atoms with van der Waals surface area (Å²) in [5.74, 6) is 2.93. The molecule has 4 heterocycles. The molecule has 1 saturated heterocycles. The van der Waals surface area contributed by atoms with Crippen LogP contribution in [0.15, 0.2) is 18.6 Å². The third-order valence-corrected chi connectivity index (χ3v) is 4.97. The molecule has 0 saturated carbocycles. The van der Waals surface area contributed by atoms with Crippen molar-refractivity contribution in [3.8, 4) is 0 Å². The van der Waals surface area contributed by atoms with Crippen LogP contribution in [0.3, 0.4) is 0 Å². The second-order valence-electron chi connectivity index (χ2n) is 8.05. The van der Waals surface area contributed by atoms with Crippen LogP contribution >= 0.6 is 0 Å². The van der Waals surface area contributed by atoms with Crippen molar-refractivity contribution < 1.29 is 0 Å². The lowest BCUT2D eigenvalue weighted by molar-refractivity contribution is 0.541. The number of nitrogens with zero attached hydrogens (tertiary/aromatic N) is 6. The molecule has 0 amide bonds. The van der Waals surface area contributed by atoms with E-state index in [4.69, 9.17) is 4.98 Å². The van der Waals surface area contributed by atoms with Gasteiger partial charge in [-0.05, 0) is 19.3 Å². The van der Waals surface area contributed by atoms with Gasteiger partial charge in [0, 0.05) is 42.9 Å². The fourth-order valence-electron chi connectivity index (χ4n) is 3.48. The molecule has 2 aliphatic heterocycles. The molecule has 4 rings (SSSR count). The Morgan fingerprint density at radius 3 is 2.32 bits per heavy atom. The highest BCUT2D eigenvalue weighted by Gasteiger charge is 2.26. The number of piperidine rings is 1. The SMILES string of the molecule is CC(C)(C)c1ncc2c(n1)CN(c1cc(N3CCCCC3)ncn1)C2. The van der Waals surface area contributed by atoms with Gasteiger partial charge in [-0.15, -0.1) is 0 Å². The third-order valence-electron chi connectivity index (χ3n) is 4.97. The van der Waals surface area contributed by atoms with Crippen molar-refractivity contribution in [1.82, 2.24) is 19.9 Å². The highest BCUT2D eigenvalue weighted by Crippen LogP contribution is 2.29. The molecule has 0 unspecified atom stereocenters. The van der Waals surface area contributed by atoms with Crippen molar-refractivity contribution in [3.05, 3.63) is 35.7 Å². The van der Waals surface area contributed by atoms with E-state index < -0.39 is 0 Å². The largest absolute Gasteiger partial charge is 0.356 e. The minimum Gasteiger partial charge on any atom is -0.356 e. The monoisotopic (exact) mass is 338 g/mol. The van der Waals surface area contributed by atoms with E-state index in [0.717, 1.165) is 49.3 Å². The van der Waals surface area contributed by atoms with E-state index in [1.54, 1.807) is 6.33 Å². The first-order valence-electron chi connectivity index (χ1n) is 9.18. The Morgan fingerprint density at radius 2 is 1.60 bits per heavy atom. The first-order chi connectivity index (χ1) is 12.0. The Bertz CT molecular complexity index is 761. The maximum atomic E-state index is 4.81. The summed E-state index contributed by atoms with van der Waals surface area (Å²) in [6.45, 7) is 10.2. The molecule has 0 spiro atoms. The van der Waals surface area contributed by atoms with Crippen LogP contribution in [0.25, 0.3) is 0 Å². The fraction of sp³-hybridized carbons (Fsp3) is 0.579. The van der Waals surface area contributed by atoms with Gasteiger partial charge in [0.25, 0.3) is 0 Å². The molecule has 0 atom stereocenters. The zero-order valence-corrected chi connectivity index (χ0v) is 15.4. The number of aromatic nitrogens is 4. The number of fused-ring (bicyclic) bond motifs is 1. The Hall–Kier alpha value is -2.24. The summed E-state index contributed by atoms with van der Waals surface area (Å²) in [6.07, 6.45) is 7.49. The van der Waals surface area contributed by atoms with Gasteiger partial charge in [-0.25, -0.2) is 19.9 Å². The normalized spacial score (nSPS) is 17.7. The van der Waals surface area contributed by atoms with E-state index in [-0.39, 0.29) is 5.41 Å². The van der Waals surface area contributed by atoms with Crippen LogP contribution in [0, 0.1) is 0 Å². The van der Waals surface area contributed by atoms with E-state index >= 15 is 0 Å². The van der Waals surface area contributed by atoms with E-state index in [2.05, 4.69) is 51.6 Å². The van der Waals surface area contributed by atoms with Gasteiger partial charge in [-0.3, -0.25) is 0 Å². The van der Waals surface area contributed by atoms with Gasteiger partial charge in [0.2, 0.25) is 0 Å². The molecule has 25 heavy (non-hydrogen) atoms. The van der Waals surface area contributed by atoms with E-state index in [9.17, 15) is 0 Å². The van der Waals surface area contributed by atoms with Crippen LogP contribution in [-0.2, 0) is 18.5 Å². The molecule has 6 nitrogen and oxygen atoms in total. The van der Waals surface area contributed by atoms with Crippen LogP contribution in [-0.4, -0.2) is 33.0 Å². The van der Waals surface area contributed by atoms with Gasteiger partial charge in [0.05, 0.1) is 12.2 Å². The lowest BCUT2D eigenvalue weighted by Gasteiger charge is -2.28. The lowest BCUT2D eigenvalue weighted by atomic mass is 9.95. The molecule has 0 radical (unpaired) electrons. The van der Waals surface area contributed by atoms with Crippen molar-refractivity contribution in [2.75, 3.05) is 22.9 Å². The third kappa shape index (κ3) is 3.30. The molecule has 1 fully saturated rings. The minimum absolute atomic E-state index is 0.0290. The number of anilines is 2. The Kier molecular flexibility index (Phi) is 4.06. The first-order valence-corrected chi connectivity index (χ1v) is 9.18. The maximum absolute atomic E-state index is 4.81. The van der Waals surface area contributed by atoms with E-state index in [0.29, 0.717) is 0 Å². The zero-order chi connectivity index (χ0) is 17.4. The lowest BCUT2D eigenvalue weighted by Crippen LogP contribution is -2.30. The van der Waals surface area contributed by atoms with Gasteiger partial charge in [0.1, 0.15) is 23.8 Å². The average molecular weight is 338 g/mol. The zero-order valence-electron chi connectivity index (χ0n) is 15.4. The highest BCUT2D eigenvalue weighted by molar-refractivity contribution is 5.52. The smallest absolute Gasteiger partial charge is 0.134 e. The van der Waals surface area contributed by atoms with Crippen LogP contribution < -0.4 is 9.80 Å². The minimum atomic E-state index is -0.0290. The standard InChI is InChI=1S/C19H26N6/c1-19(2,3)18-20-10-14-11-25(12-15(14)23-18)17-9-16(21-13-22-17)24-7-5-4-6-8-24/h9-10,13H,4-8,11-12H2,1-3H3.